The van der Waals surface area contributed by atoms with Gasteiger partial charge in [-0.25, -0.2) is 0 Å². The standard InChI is InChI=1S/C25H24N2O3/c1-17-8-13-22(30-2)15-23(17)27-16-20(14-24(27)28)25(29)26-21-11-9-19(10-12-21)18-6-4-3-5-7-18/h3-13,15,20H,14,16H2,1-2H3,(H,26,29). The van der Waals surface area contributed by atoms with E-state index in [1.165, 1.54) is 0 Å². The van der Waals surface area contributed by atoms with Crippen molar-refractivity contribution in [2.75, 3.05) is 23.9 Å². The molecule has 3 aromatic carbocycles. The van der Waals surface area contributed by atoms with E-state index in [4.69, 9.17) is 4.74 Å². The lowest BCUT2D eigenvalue weighted by Crippen LogP contribution is -2.28. The highest BCUT2D eigenvalue weighted by atomic mass is 16.5. The molecule has 3 aromatic rings. The van der Waals surface area contributed by atoms with E-state index in [0.717, 1.165) is 28.1 Å². The Balaban J connectivity index is 1.44. The molecule has 1 atom stereocenters. The number of carbonyl (C=O) groups excluding carboxylic acids is 2. The van der Waals surface area contributed by atoms with Gasteiger partial charge in [-0.1, -0.05) is 48.5 Å². The molecule has 2 amide bonds. The molecule has 1 unspecified atom stereocenters. The van der Waals surface area contributed by atoms with E-state index in [0.29, 0.717) is 12.3 Å². The van der Waals surface area contributed by atoms with Crippen LogP contribution in [0, 0.1) is 12.8 Å². The van der Waals surface area contributed by atoms with Crippen LogP contribution in [0.25, 0.3) is 11.1 Å². The van der Waals surface area contributed by atoms with E-state index >= 15 is 0 Å². The molecule has 1 heterocycles. The van der Waals surface area contributed by atoms with E-state index in [9.17, 15) is 9.59 Å². The first kappa shape index (κ1) is 19.7. The second-order valence-corrected chi connectivity index (χ2v) is 7.49. The van der Waals surface area contributed by atoms with Crippen molar-refractivity contribution in [3.8, 4) is 16.9 Å². The molecular weight excluding hydrogens is 376 g/mol. The van der Waals surface area contributed by atoms with Crippen LogP contribution in [0.3, 0.4) is 0 Å². The lowest BCUT2D eigenvalue weighted by molar-refractivity contribution is -0.122. The number of nitrogens with one attached hydrogen (secondary N) is 1. The lowest BCUT2D eigenvalue weighted by Gasteiger charge is -2.20. The smallest absolute Gasteiger partial charge is 0.229 e. The summed E-state index contributed by atoms with van der Waals surface area (Å²) in [6.45, 7) is 2.31. The molecule has 30 heavy (non-hydrogen) atoms. The summed E-state index contributed by atoms with van der Waals surface area (Å²) in [5.74, 6) is 0.108. The Labute approximate surface area is 176 Å². The summed E-state index contributed by atoms with van der Waals surface area (Å²) >= 11 is 0. The topological polar surface area (TPSA) is 58.6 Å². The summed E-state index contributed by atoms with van der Waals surface area (Å²) < 4.78 is 5.28. The molecule has 5 heteroatoms. The summed E-state index contributed by atoms with van der Waals surface area (Å²) in [5, 5.41) is 2.95. The minimum atomic E-state index is -0.392. The molecule has 0 radical (unpaired) electrons. The van der Waals surface area contributed by atoms with Gasteiger partial charge >= 0.3 is 0 Å². The normalized spacial score (nSPS) is 15.9. The van der Waals surface area contributed by atoms with Crippen LogP contribution in [0.2, 0.25) is 0 Å². The van der Waals surface area contributed by atoms with Crippen molar-refractivity contribution in [2.24, 2.45) is 5.92 Å². The molecular formula is C25H24N2O3. The maximum Gasteiger partial charge on any atom is 0.229 e. The average molecular weight is 400 g/mol. The van der Waals surface area contributed by atoms with E-state index < -0.39 is 5.92 Å². The van der Waals surface area contributed by atoms with Gasteiger partial charge in [0.05, 0.1) is 18.7 Å². The Morgan fingerprint density at radius 1 is 1.00 bits per heavy atom. The van der Waals surface area contributed by atoms with Crippen molar-refractivity contribution in [3.63, 3.8) is 0 Å². The fraction of sp³-hybridized carbons (Fsp3) is 0.200. The molecule has 4 rings (SSSR count). The number of carbonyl (C=O) groups is 2. The van der Waals surface area contributed by atoms with Crippen molar-refractivity contribution in [1.82, 2.24) is 0 Å². The number of rotatable bonds is 5. The summed E-state index contributed by atoms with van der Waals surface area (Å²) in [7, 11) is 1.60. The van der Waals surface area contributed by atoms with E-state index in [2.05, 4.69) is 5.32 Å². The highest BCUT2D eigenvalue weighted by Crippen LogP contribution is 2.31. The van der Waals surface area contributed by atoms with Crippen LogP contribution in [0.1, 0.15) is 12.0 Å². The molecule has 1 aliphatic heterocycles. The monoisotopic (exact) mass is 400 g/mol. The van der Waals surface area contributed by atoms with Gasteiger partial charge in [-0.15, -0.1) is 0 Å². The molecule has 5 nitrogen and oxygen atoms in total. The number of aryl methyl sites for hydroxylation is 1. The lowest BCUT2D eigenvalue weighted by atomic mass is 10.0. The molecule has 1 N–H and O–H groups in total. The molecule has 1 fully saturated rings. The van der Waals surface area contributed by atoms with Crippen molar-refractivity contribution >= 4 is 23.2 Å². The van der Waals surface area contributed by atoms with Gasteiger partial charge in [-0.3, -0.25) is 9.59 Å². The highest BCUT2D eigenvalue weighted by Gasteiger charge is 2.35. The summed E-state index contributed by atoms with van der Waals surface area (Å²) in [6.07, 6.45) is 0.199. The third-order valence-electron chi connectivity index (χ3n) is 5.46. The van der Waals surface area contributed by atoms with Gasteiger partial charge < -0.3 is 15.0 Å². The predicted octanol–water partition coefficient (Wildman–Crippen LogP) is 4.66. The Kier molecular flexibility index (Phi) is 5.53. The number of amides is 2. The largest absolute Gasteiger partial charge is 0.497 e. The van der Waals surface area contributed by atoms with Gasteiger partial charge in [-0.2, -0.15) is 0 Å². The number of hydrogen-bond donors (Lipinski definition) is 1. The summed E-state index contributed by atoms with van der Waals surface area (Å²) in [5.41, 5.74) is 4.71. The minimum absolute atomic E-state index is 0.0501. The molecule has 0 aliphatic carbocycles. The van der Waals surface area contributed by atoms with Crippen LogP contribution in [0.5, 0.6) is 5.75 Å². The third kappa shape index (κ3) is 4.06. The first-order valence-electron chi connectivity index (χ1n) is 9.96. The Morgan fingerprint density at radius 2 is 1.70 bits per heavy atom. The average Bonchev–Trinajstić information content (AvgIpc) is 3.17. The van der Waals surface area contributed by atoms with Crippen molar-refractivity contribution in [2.45, 2.75) is 13.3 Å². The second-order valence-electron chi connectivity index (χ2n) is 7.49. The van der Waals surface area contributed by atoms with Crippen molar-refractivity contribution < 1.29 is 14.3 Å². The van der Waals surface area contributed by atoms with Crippen LogP contribution in [-0.2, 0) is 9.59 Å². The highest BCUT2D eigenvalue weighted by molar-refractivity contribution is 6.04. The number of ether oxygens (including phenoxy) is 1. The van der Waals surface area contributed by atoms with Gasteiger partial charge in [0.2, 0.25) is 11.8 Å². The first-order valence-corrected chi connectivity index (χ1v) is 9.96. The maximum absolute atomic E-state index is 12.8. The number of hydrogen-bond acceptors (Lipinski definition) is 3. The van der Waals surface area contributed by atoms with Crippen molar-refractivity contribution in [1.29, 1.82) is 0 Å². The van der Waals surface area contributed by atoms with E-state index in [1.807, 2.05) is 79.7 Å². The number of benzene rings is 3. The SMILES string of the molecule is COc1ccc(C)c(N2CC(C(=O)Nc3ccc(-c4ccccc4)cc3)CC2=O)c1. The number of nitrogens with zero attached hydrogens (tertiary/aromatic N) is 1. The van der Waals surface area contributed by atoms with E-state index in [-0.39, 0.29) is 18.2 Å². The third-order valence-corrected chi connectivity index (χ3v) is 5.46. The van der Waals surface area contributed by atoms with Crippen LogP contribution in [0.15, 0.2) is 72.8 Å². The van der Waals surface area contributed by atoms with Gasteiger partial charge in [-0.05, 0) is 41.8 Å². The zero-order valence-corrected chi connectivity index (χ0v) is 17.1. The second kappa shape index (κ2) is 8.41. The summed E-state index contributed by atoms with van der Waals surface area (Å²) in [4.78, 5) is 27.1. The Hall–Kier alpha value is -3.60. The zero-order chi connectivity index (χ0) is 21.1. The van der Waals surface area contributed by atoms with Gasteiger partial charge in [0.15, 0.2) is 0 Å². The number of methoxy groups -OCH3 is 1. The predicted molar refractivity (Wildman–Crippen MR) is 119 cm³/mol. The van der Waals surface area contributed by atoms with Gasteiger partial charge in [0.1, 0.15) is 5.75 Å². The molecule has 0 saturated carbocycles. The molecule has 1 aliphatic rings. The quantitative estimate of drug-likeness (QED) is 0.678. The fourth-order valence-electron chi connectivity index (χ4n) is 3.74. The molecule has 0 aromatic heterocycles. The fourth-order valence-corrected chi connectivity index (χ4v) is 3.74. The van der Waals surface area contributed by atoms with Gasteiger partial charge in [0, 0.05) is 24.7 Å². The Morgan fingerprint density at radius 3 is 2.40 bits per heavy atom. The van der Waals surface area contributed by atoms with Crippen LogP contribution in [0.4, 0.5) is 11.4 Å². The molecule has 1 saturated heterocycles. The zero-order valence-electron chi connectivity index (χ0n) is 17.1. The molecule has 0 spiro atoms. The first-order chi connectivity index (χ1) is 14.5. The van der Waals surface area contributed by atoms with Crippen molar-refractivity contribution in [3.05, 3.63) is 78.4 Å². The molecule has 0 bridgehead atoms. The summed E-state index contributed by atoms with van der Waals surface area (Å²) in [6, 6.07) is 23.4. The number of anilines is 2. The Bertz CT molecular complexity index is 1060. The van der Waals surface area contributed by atoms with Crippen LogP contribution < -0.4 is 15.0 Å². The van der Waals surface area contributed by atoms with Crippen LogP contribution >= 0.6 is 0 Å². The van der Waals surface area contributed by atoms with E-state index in [1.54, 1.807) is 12.0 Å². The molecule has 152 valence electrons. The van der Waals surface area contributed by atoms with Gasteiger partial charge in [0.25, 0.3) is 0 Å². The minimum Gasteiger partial charge on any atom is -0.497 e. The maximum atomic E-state index is 12.8. The van der Waals surface area contributed by atoms with Crippen LogP contribution in [-0.4, -0.2) is 25.5 Å².